The summed E-state index contributed by atoms with van der Waals surface area (Å²) >= 11 is 0. The first-order chi connectivity index (χ1) is 15.2. The Morgan fingerprint density at radius 1 is 0.839 bits per heavy atom. The lowest BCUT2D eigenvalue weighted by Crippen LogP contribution is -2.04. The number of fused-ring (bicyclic) bond motifs is 3. The van der Waals surface area contributed by atoms with Gasteiger partial charge in [0.25, 0.3) is 0 Å². The summed E-state index contributed by atoms with van der Waals surface area (Å²) in [6.07, 6.45) is 2.04. The van der Waals surface area contributed by atoms with Crippen molar-refractivity contribution in [2.45, 2.75) is 6.54 Å². The number of aromatic nitrogens is 3. The molecule has 0 aromatic heterocycles. The maximum absolute atomic E-state index is 14.1. The number of benzene rings is 3. The van der Waals surface area contributed by atoms with Crippen molar-refractivity contribution in [2.24, 2.45) is 0 Å². The predicted molar refractivity (Wildman–Crippen MR) is 118 cm³/mol. The Kier molecular flexibility index (Phi) is 4.75. The van der Waals surface area contributed by atoms with E-state index in [1.165, 1.54) is 12.1 Å². The zero-order valence-electron chi connectivity index (χ0n) is 17.2. The summed E-state index contributed by atoms with van der Waals surface area (Å²) in [6, 6.07) is 20.4. The highest BCUT2D eigenvalue weighted by atomic mass is 19.1. The number of pyridine rings is 1. The van der Waals surface area contributed by atoms with E-state index in [1.54, 1.807) is 20.3 Å². The van der Waals surface area contributed by atoms with Crippen molar-refractivity contribution in [3.8, 4) is 34.0 Å². The van der Waals surface area contributed by atoms with Crippen LogP contribution >= 0.6 is 0 Å². The van der Waals surface area contributed by atoms with E-state index in [9.17, 15) is 4.39 Å². The summed E-state index contributed by atoms with van der Waals surface area (Å²) in [7, 11) is 3.29. The van der Waals surface area contributed by atoms with E-state index >= 15 is 0 Å². The van der Waals surface area contributed by atoms with Crippen LogP contribution < -0.4 is 9.47 Å². The highest BCUT2D eigenvalue weighted by Crippen LogP contribution is 2.37. The van der Waals surface area contributed by atoms with Gasteiger partial charge < -0.3 is 14.0 Å². The number of methoxy groups -OCH3 is 2. The molecule has 3 aromatic carbocycles. The van der Waals surface area contributed by atoms with E-state index in [1.807, 2.05) is 54.7 Å². The Morgan fingerprint density at radius 2 is 1.61 bits per heavy atom. The van der Waals surface area contributed by atoms with E-state index in [4.69, 9.17) is 9.47 Å². The molecule has 2 aliphatic rings. The molecule has 0 aliphatic carbocycles. The lowest BCUT2D eigenvalue weighted by Gasteiger charge is -2.16. The molecule has 0 bridgehead atoms. The van der Waals surface area contributed by atoms with Gasteiger partial charge >= 0.3 is 0 Å². The summed E-state index contributed by atoms with van der Waals surface area (Å²) in [6.45, 7) is 0.600. The van der Waals surface area contributed by atoms with Crippen LogP contribution in [0.3, 0.4) is 0 Å². The van der Waals surface area contributed by atoms with Gasteiger partial charge in [-0.05, 0) is 60.2 Å². The highest BCUT2D eigenvalue weighted by molar-refractivity contribution is 5.98. The minimum absolute atomic E-state index is 0.304. The van der Waals surface area contributed by atoms with Crippen molar-refractivity contribution in [2.75, 3.05) is 14.2 Å². The maximum Gasteiger partial charge on any atom is 0.124 e. The molecule has 0 saturated carbocycles. The second kappa shape index (κ2) is 7.72. The van der Waals surface area contributed by atoms with Gasteiger partial charge in [-0.2, -0.15) is 0 Å². The fourth-order valence-corrected chi connectivity index (χ4v) is 3.88. The van der Waals surface area contributed by atoms with Crippen LogP contribution in [0.5, 0.6) is 11.5 Å². The maximum atomic E-state index is 14.1. The van der Waals surface area contributed by atoms with E-state index in [0.29, 0.717) is 12.2 Å². The first-order valence-electron chi connectivity index (χ1n) is 9.88. The molecule has 0 spiro atoms. The van der Waals surface area contributed by atoms with Crippen molar-refractivity contribution >= 4 is 10.9 Å². The third kappa shape index (κ3) is 3.46. The van der Waals surface area contributed by atoms with Crippen molar-refractivity contribution in [3.63, 3.8) is 0 Å². The minimum atomic E-state index is -0.304. The Balaban J connectivity index is 1.69. The number of ether oxygens (including phenoxy) is 2. The molecule has 0 fully saturated rings. The molecule has 0 atom stereocenters. The second-order valence-electron chi connectivity index (χ2n) is 7.31. The summed E-state index contributed by atoms with van der Waals surface area (Å²) in [5, 5.41) is 9.56. The van der Waals surface area contributed by atoms with Crippen LogP contribution in [0.15, 0.2) is 72.9 Å². The lowest BCUT2D eigenvalue weighted by atomic mass is 10.0. The van der Waals surface area contributed by atoms with Gasteiger partial charge in [0.1, 0.15) is 28.7 Å². The normalized spacial score (nSPS) is 11.2. The van der Waals surface area contributed by atoms with Gasteiger partial charge in [0.05, 0.1) is 19.7 Å². The second-order valence-corrected chi connectivity index (χ2v) is 7.31. The number of hydrogen-bond acceptors (Lipinski definition) is 4. The molecule has 5 rings (SSSR count). The van der Waals surface area contributed by atoms with Gasteiger partial charge in [-0.3, -0.25) is 0 Å². The zero-order valence-corrected chi connectivity index (χ0v) is 17.2. The van der Waals surface area contributed by atoms with Gasteiger partial charge in [-0.1, -0.05) is 12.1 Å². The fourth-order valence-electron chi connectivity index (χ4n) is 3.88. The van der Waals surface area contributed by atoms with Crippen molar-refractivity contribution < 1.29 is 13.9 Å². The molecule has 0 saturated heterocycles. The summed E-state index contributed by atoms with van der Waals surface area (Å²) in [4.78, 5) is 0. The van der Waals surface area contributed by atoms with Gasteiger partial charge in [-0.15, -0.1) is 10.2 Å². The standard InChI is InChI=1S/C25H20FN3O2/c1-30-19-9-6-17(7-10-19)24-22-15-29(14-16-4-3-5-20(12-16)31-2)23-11-8-18(26)13-21(23)25(22)28-27-24/h3-13,15H,14H2,1-2H3. The molecular formula is C25H20FN3O2. The SMILES string of the molecule is COc1ccc(-c2nnc3c4cc(F)ccc4n(Cc4cccc(OC)c4)cc2-3)cc1. The van der Waals surface area contributed by atoms with Crippen LogP contribution in [0.25, 0.3) is 33.4 Å². The van der Waals surface area contributed by atoms with Crippen LogP contribution in [-0.4, -0.2) is 29.0 Å². The molecule has 2 heterocycles. The topological polar surface area (TPSA) is 49.2 Å². The summed E-state index contributed by atoms with van der Waals surface area (Å²) in [5.41, 5.74) is 5.19. The number of nitrogens with zero attached hydrogens (tertiary/aromatic N) is 3. The summed E-state index contributed by atoms with van der Waals surface area (Å²) < 4.78 is 26.9. The fraction of sp³-hybridized carbons (Fsp3) is 0.120. The molecule has 2 aliphatic heterocycles. The molecule has 0 radical (unpaired) electrons. The van der Waals surface area contributed by atoms with E-state index < -0.39 is 0 Å². The largest absolute Gasteiger partial charge is 0.497 e. The lowest BCUT2D eigenvalue weighted by molar-refractivity contribution is 0.414. The van der Waals surface area contributed by atoms with Crippen LogP contribution in [-0.2, 0) is 6.54 Å². The number of hydrogen-bond donors (Lipinski definition) is 0. The van der Waals surface area contributed by atoms with Gasteiger partial charge in [-0.25, -0.2) is 4.39 Å². The van der Waals surface area contributed by atoms with Crippen molar-refractivity contribution in [1.82, 2.24) is 14.8 Å². The molecule has 0 unspecified atom stereocenters. The monoisotopic (exact) mass is 413 g/mol. The molecule has 3 aromatic rings. The molecule has 154 valence electrons. The third-order valence-corrected chi connectivity index (χ3v) is 5.42. The first kappa shape index (κ1) is 19.1. The van der Waals surface area contributed by atoms with Crippen LogP contribution in [0.4, 0.5) is 4.39 Å². The molecule has 6 heteroatoms. The van der Waals surface area contributed by atoms with E-state index in [2.05, 4.69) is 14.8 Å². The van der Waals surface area contributed by atoms with Gasteiger partial charge in [0.2, 0.25) is 0 Å². The van der Waals surface area contributed by atoms with Gasteiger partial charge in [0, 0.05) is 29.3 Å². The smallest absolute Gasteiger partial charge is 0.124 e. The molecule has 5 nitrogen and oxygen atoms in total. The van der Waals surface area contributed by atoms with Crippen LogP contribution in [0, 0.1) is 5.82 Å². The predicted octanol–water partition coefficient (Wildman–Crippen LogP) is 5.41. The zero-order chi connectivity index (χ0) is 21.4. The Bertz CT molecular complexity index is 1350. The third-order valence-electron chi connectivity index (χ3n) is 5.42. The van der Waals surface area contributed by atoms with E-state index in [-0.39, 0.29) is 5.82 Å². The van der Waals surface area contributed by atoms with E-state index in [0.717, 1.165) is 44.8 Å². The Hall–Kier alpha value is -3.93. The summed E-state index contributed by atoms with van der Waals surface area (Å²) in [5.74, 6) is 1.26. The van der Waals surface area contributed by atoms with Crippen molar-refractivity contribution in [1.29, 1.82) is 0 Å². The number of rotatable bonds is 5. The average Bonchev–Trinajstić information content (AvgIpc) is 3.23. The molecule has 0 amide bonds. The first-order valence-corrected chi connectivity index (χ1v) is 9.88. The number of halogens is 1. The molecule has 0 N–H and O–H groups in total. The quantitative estimate of drug-likeness (QED) is 0.387. The minimum Gasteiger partial charge on any atom is -0.497 e. The molecular weight excluding hydrogens is 393 g/mol. The Labute approximate surface area is 179 Å². The van der Waals surface area contributed by atoms with Crippen LogP contribution in [0.2, 0.25) is 0 Å². The van der Waals surface area contributed by atoms with Crippen LogP contribution in [0.1, 0.15) is 5.56 Å². The van der Waals surface area contributed by atoms with Crippen molar-refractivity contribution in [3.05, 3.63) is 84.3 Å². The highest BCUT2D eigenvalue weighted by Gasteiger charge is 2.20. The Morgan fingerprint density at radius 3 is 2.39 bits per heavy atom. The van der Waals surface area contributed by atoms with Gasteiger partial charge in [0.15, 0.2) is 0 Å². The molecule has 31 heavy (non-hydrogen) atoms. The average molecular weight is 413 g/mol.